The van der Waals surface area contributed by atoms with Crippen LogP contribution in [0.1, 0.15) is 42.5 Å². The van der Waals surface area contributed by atoms with E-state index in [9.17, 15) is 18.0 Å². The highest BCUT2D eigenvalue weighted by molar-refractivity contribution is 7.90. The van der Waals surface area contributed by atoms with E-state index in [2.05, 4.69) is 4.72 Å². The van der Waals surface area contributed by atoms with Crippen molar-refractivity contribution >= 4 is 21.8 Å². The fourth-order valence-electron chi connectivity index (χ4n) is 3.00. The predicted octanol–water partition coefficient (Wildman–Crippen LogP) is 1.29. The van der Waals surface area contributed by atoms with Crippen molar-refractivity contribution in [3.05, 3.63) is 35.9 Å². The van der Waals surface area contributed by atoms with Crippen molar-refractivity contribution in [1.29, 1.82) is 0 Å². The Kier molecular flexibility index (Phi) is 4.39. The number of amides is 2. The first-order valence-corrected chi connectivity index (χ1v) is 9.45. The molecule has 0 unspecified atom stereocenters. The third-order valence-electron chi connectivity index (χ3n) is 4.57. The number of benzene rings is 1. The molecule has 0 radical (unpaired) electrons. The second kappa shape index (κ2) is 6.31. The molecule has 1 heterocycles. The van der Waals surface area contributed by atoms with Crippen molar-refractivity contribution in [2.75, 3.05) is 6.54 Å². The standard InChI is InChI=1S/C16H20N2O4S/c19-15(17-23(21,22)13-8-4-9-13)14-10-5-11-18(14)16(20)12-6-2-1-3-7-12/h1-3,6-7,13-14H,4-5,8-11H2,(H,17,19)/t14-/m0/s1. The molecule has 0 aromatic heterocycles. The molecule has 1 aliphatic carbocycles. The van der Waals surface area contributed by atoms with Gasteiger partial charge in [0.05, 0.1) is 5.25 Å². The van der Waals surface area contributed by atoms with Gasteiger partial charge in [0, 0.05) is 12.1 Å². The van der Waals surface area contributed by atoms with Crippen LogP contribution in [0, 0.1) is 0 Å². The monoisotopic (exact) mass is 336 g/mol. The molecule has 1 atom stereocenters. The summed E-state index contributed by atoms with van der Waals surface area (Å²) >= 11 is 0. The Labute approximate surface area is 135 Å². The largest absolute Gasteiger partial charge is 0.327 e. The minimum Gasteiger partial charge on any atom is -0.327 e. The summed E-state index contributed by atoms with van der Waals surface area (Å²) in [5.41, 5.74) is 0.508. The molecule has 1 N–H and O–H groups in total. The highest BCUT2D eigenvalue weighted by Gasteiger charge is 2.39. The first-order chi connectivity index (χ1) is 11.0. The van der Waals surface area contributed by atoms with Crippen LogP contribution in [0.2, 0.25) is 0 Å². The number of carbonyl (C=O) groups is 2. The van der Waals surface area contributed by atoms with E-state index in [-0.39, 0.29) is 5.91 Å². The maximum atomic E-state index is 12.5. The van der Waals surface area contributed by atoms with Crippen molar-refractivity contribution in [2.24, 2.45) is 0 Å². The lowest BCUT2D eigenvalue weighted by atomic mass is 10.0. The number of hydrogen-bond donors (Lipinski definition) is 1. The zero-order valence-electron chi connectivity index (χ0n) is 12.8. The van der Waals surface area contributed by atoms with Gasteiger partial charge in [-0.15, -0.1) is 0 Å². The third kappa shape index (κ3) is 3.24. The molecule has 1 aliphatic heterocycles. The van der Waals surface area contributed by atoms with E-state index in [4.69, 9.17) is 0 Å². The number of rotatable bonds is 4. The van der Waals surface area contributed by atoms with Gasteiger partial charge in [-0.2, -0.15) is 0 Å². The molecule has 124 valence electrons. The lowest BCUT2D eigenvalue weighted by molar-refractivity contribution is -0.123. The molecule has 0 spiro atoms. The average molecular weight is 336 g/mol. The van der Waals surface area contributed by atoms with Gasteiger partial charge < -0.3 is 4.90 Å². The van der Waals surface area contributed by atoms with Crippen LogP contribution in [0.25, 0.3) is 0 Å². The highest BCUT2D eigenvalue weighted by atomic mass is 32.2. The molecule has 2 fully saturated rings. The van der Waals surface area contributed by atoms with E-state index >= 15 is 0 Å². The fraction of sp³-hybridized carbons (Fsp3) is 0.500. The van der Waals surface area contributed by atoms with Crippen LogP contribution in [0.5, 0.6) is 0 Å². The minimum absolute atomic E-state index is 0.232. The van der Waals surface area contributed by atoms with E-state index in [1.165, 1.54) is 4.90 Å². The fourth-order valence-corrected chi connectivity index (χ4v) is 4.54. The topological polar surface area (TPSA) is 83.6 Å². The molecule has 1 aromatic carbocycles. The summed E-state index contributed by atoms with van der Waals surface area (Å²) in [6.07, 6.45) is 3.26. The molecule has 7 heteroatoms. The van der Waals surface area contributed by atoms with Gasteiger partial charge in [-0.1, -0.05) is 24.6 Å². The average Bonchev–Trinajstić information content (AvgIpc) is 2.94. The lowest BCUT2D eigenvalue weighted by Crippen LogP contribution is -2.50. The van der Waals surface area contributed by atoms with Crippen molar-refractivity contribution in [3.8, 4) is 0 Å². The van der Waals surface area contributed by atoms with Gasteiger partial charge in [-0.25, -0.2) is 8.42 Å². The molecule has 1 aromatic rings. The number of carbonyl (C=O) groups excluding carboxylic acids is 2. The molecule has 3 rings (SSSR count). The molecule has 1 saturated heterocycles. The van der Waals surface area contributed by atoms with Gasteiger partial charge in [-0.3, -0.25) is 14.3 Å². The smallest absolute Gasteiger partial charge is 0.256 e. The maximum Gasteiger partial charge on any atom is 0.256 e. The molecular weight excluding hydrogens is 316 g/mol. The Bertz CT molecular complexity index is 698. The van der Waals surface area contributed by atoms with Crippen LogP contribution in [0.3, 0.4) is 0 Å². The molecular formula is C16H20N2O4S. The minimum atomic E-state index is -3.61. The van der Waals surface area contributed by atoms with E-state index in [0.717, 1.165) is 6.42 Å². The molecule has 2 aliphatic rings. The summed E-state index contributed by atoms with van der Waals surface area (Å²) in [5.74, 6) is -0.817. The Morgan fingerprint density at radius 1 is 1.04 bits per heavy atom. The van der Waals surface area contributed by atoms with Gasteiger partial charge >= 0.3 is 0 Å². The number of sulfonamides is 1. The van der Waals surface area contributed by atoms with E-state index in [1.54, 1.807) is 24.3 Å². The zero-order valence-corrected chi connectivity index (χ0v) is 13.6. The molecule has 23 heavy (non-hydrogen) atoms. The van der Waals surface area contributed by atoms with Crippen LogP contribution in [0.15, 0.2) is 30.3 Å². The van der Waals surface area contributed by atoms with E-state index in [1.807, 2.05) is 6.07 Å². The Hall–Kier alpha value is -1.89. The molecule has 0 bridgehead atoms. The van der Waals surface area contributed by atoms with E-state index < -0.39 is 27.2 Å². The third-order valence-corrected chi connectivity index (χ3v) is 6.41. The van der Waals surface area contributed by atoms with Crippen LogP contribution >= 0.6 is 0 Å². The van der Waals surface area contributed by atoms with Gasteiger partial charge in [0.1, 0.15) is 6.04 Å². The normalized spacial score (nSPS) is 21.7. The first-order valence-electron chi connectivity index (χ1n) is 7.90. The molecule has 1 saturated carbocycles. The van der Waals surface area contributed by atoms with Gasteiger partial charge in [0.2, 0.25) is 10.0 Å². The van der Waals surface area contributed by atoms with Gasteiger partial charge in [-0.05, 0) is 37.8 Å². The number of hydrogen-bond acceptors (Lipinski definition) is 4. The molecule has 6 nitrogen and oxygen atoms in total. The lowest BCUT2D eigenvalue weighted by Gasteiger charge is -2.28. The summed E-state index contributed by atoms with van der Waals surface area (Å²) < 4.78 is 26.4. The Morgan fingerprint density at radius 2 is 1.74 bits per heavy atom. The van der Waals surface area contributed by atoms with Crippen molar-refractivity contribution < 1.29 is 18.0 Å². The number of nitrogens with zero attached hydrogens (tertiary/aromatic N) is 1. The Morgan fingerprint density at radius 3 is 2.35 bits per heavy atom. The zero-order chi connectivity index (χ0) is 16.4. The second-order valence-electron chi connectivity index (χ2n) is 6.09. The van der Waals surface area contributed by atoms with Crippen LogP contribution in [-0.4, -0.2) is 43.0 Å². The summed E-state index contributed by atoms with van der Waals surface area (Å²) in [6.45, 7) is 0.468. The quantitative estimate of drug-likeness (QED) is 0.898. The summed E-state index contributed by atoms with van der Waals surface area (Å²) in [6, 6.07) is 8.02. The SMILES string of the molecule is O=C(NS(=O)(=O)C1CCC1)[C@@H]1CCCN1C(=O)c1ccccc1. The van der Waals surface area contributed by atoms with Crippen LogP contribution in [-0.2, 0) is 14.8 Å². The van der Waals surface area contributed by atoms with E-state index in [0.29, 0.717) is 37.8 Å². The summed E-state index contributed by atoms with van der Waals surface area (Å²) in [5, 5.41) is -0.467. The summed E-state index contributed by atoms with van der Waals surface area (Å²) in [7, 11) is -3.61. The first kappa shape index (κ1) is 16.0. The van der Waals surface area contributed by atoms with Gasteiger partial charge in [0.25, 0.3) is 11.8 Å². The van der Waals surface area contributed by atoms with Gasteiger partial charge in [0.15, 0.2) is 0 Å². The predicted molar refractivity (Wildman–Crippen MR) is 85.2 cm³/mol. The highest BCUT2D eigenvalue weighted by Crippen LogP contribution is 2.26. The number of likely N-dealkylation sites (tertiary alicyclic amines) is 1. The van der Waals surface area contributed by atoms with Crippen molar-refractivity contribution in [2.45, 2.75) is 43.4 Å². The maximum absolute atomic E-state index is 12.5. The number of nitrogens with one attached hydrogen (secondary N) is 1. The summed E-state index contributed by atoms with van der Waals surface area (Å²) in [4.78, 5) is 26.4. The van der Waals surface area contributed by atoms with Crippen molar-refractivity contribution in [1.82, 2.24) is 9.62 Å². The van der Waals surface area contributed by atoms with Crippen LogP contribution in [0.4, 0.5) is 0 Å². The van der Waals surface area contributed by atoms with Crippen molar-refractivity contribution in [3.63, 3.8) is 0 Å². The van der Waals surface area contributed by atoms with Crippen LogP contribution < -0.4 is 4.72 Å². The molecule has 2 amide bonds. The Balaban J connectivity index is 1.71. The second-order valence-corrected chi connectivity index (χ2v) is 8.05.